The van der Waals surface area contributed by atoms with Crippen molar-refractivity contribution in [2.45, 2.75) is 25.9 Å². The van der Waals surface area contributed by atoms with Gasteiger partial charge in [-0.25, -0.2) is 10.2 Å². The highest BCUT2D eigenvalue weighted by Crippen LogP contribution is 2.23. The monoisotopic (exact) mass is 281 g/mol. The SMILES string of the molecule is CC1(C)COCCN1Cc1cc(C(=O)NN)ccc1F. The van der Waals surface area contributed by atoms with Gasteiger partial charge < -0.3 is 4.74 Å². The first-order chi connectivity index (χ1) is 9.44. The molecule has 3 N–H and O–H groups in total. The minimum atomic E-state index is -0.424. The molecule has 1 heterocycles. The number of nitrogens with zero attached hydrogens (tertiary/aromatic N) is 1. The van der Waals surface area contributed by atoms with E-state index in [4.69, 9.17) is 10.6 Å². The lowest BCUT2D eigenvalue weighted by Crippen LogP contribution is -2.52. The molecule has 0 bridgehead atoms. The molecule has 1 saturated heterocycles. The molecular formula is C14H20FN3O2. The Balaban J connectivity index is 2.21. The van der Waals surface area contributed by atoms with Crippen LogP contribution in [0.15, 0.2) is 18.2 Å². The number of amides is 1. The summed E-state index contributed by atoms with van der Waals surface area (Å²) >= 11 is 0. The summed E-state index contributed by atoms with van der Waals surface area (Å²) in [5.74, 6) is 4.36. The van der Waals surface area contributed by atoms with Crippen LogP contribution in [0.25, 0.3) is 0 Å². The summed E-state index contributed by atoms with van der Waals surface area (Å²) in [7, 11) is 0. The van der Waals surface area contributed by atoms with E-state index in [9.17, 15) is 9.18 Å². The van der Waals surface area contributed by atoms with Crippen LogP contribution in [0.2, 0.25) is 0 Å². The van der Waals surface area contributed by atoms with Crippen LogP contribution in [0.3, 0.4) is 0 Å². The number of nitrogens with two attached hydrogens (primary N) is 1. The number of morpholine rings is 1. The van der Waals surface area contributed by atoms with Crippen molar-refractivity contribution in [1.29, 1.82) is 0 Å². The molecule has 1 amide bonds. The molecule has 20 heavy (non-hydrogen) atoms. The smallest absolute Gasteiger partial charge is 0.265 e. The fourth-order valence-electron chi connectivity index (χ4n) is 2.31. The number of nitrogen functional groups attached to an aromatic ring is 1. The molecule has 0 unspecified atom stereocenters. The predicted octanol–water partition coefficient (Wildman–Crippen LogP) is 1.04. The molecule has 0 aliphatic carbocycles. The molecule has 0 radical (unpaired) electrons. The quantitative estimate of drug-likeness (QED) is 0.493. The van der Waals surface area contributed by atoms with Gasteiger partial charge in [-0.05, 0) is 32.0 Å². The Hall–Kier alpha value is -1.50. The van der Waals surface area contributed by atoms with Gasteiger partial charge in [0.05, 0.1) is 13.2 Å². The average Bonchev–Trinajstić information content (AvgIpc) is 2.42. The molecule has 2 rings (SSSR count). The molecule has 0 aromatic heterocycles. The fourth-order valence-corrected chi connectivity index (χ4v) is 2.31. The van der Waals surface area contributed by atoms with E-state index in [1.54, 1.807) is 6.07 Å². The van der Waals surface area contributed by atoms with Gasteiger partial charge in [-0.1, -0.05) is 0 Å². The second kappa shape index (κ2) is 5.87. The van der Waals surface area contributed by atoms with Gasteiger partial charge in [0.25, 0.3) is 5.91 Å². The number of nitrogens with one attached hydrogen (secondary N) is 1. The maximum Gasteiger partial charge on any atom is 0.265 e. The number of hydrogen-bond donors (Lipinski definition) is 2. The predicted molar refractivity (Wildman–Crippen MR) is 73.4 cm³/mol. The van der Waals surface area contributed by atoms with Crippen molar-refractivity contribution in [2.24, 2.45) is 5.84 Å². The zero-order valence-electron chi connectivity index (χ0n) is 11.8. The largest absolute Gasteiger partial charge is 0.378 e. The fraction of sp³-hybridized carbons (Fsp3) is 0.500. The zero-order chi connectivity index (χ0) is 14.8. The first-order valence-corrected chi connectivity index (χ1v) is 6.56. The number of ether oxygens (including phenoxy) is 1. The van der Waals surface area contributed by atoms with Crippen LogP contribution in [0.4, 0.5) is 4.39 Å². The average molecular weight is 281 g/mol. The van der Waals surface area contributed by atoms with Crippen molar-refractivity contribution in [3.8, 4) is 0 Å². The Morgan fingerprint density at radius 1 is 1.55 bits per heavy atom. The van der Waals surface area contributed by atoms with Crippen LogP contribution < -0.4 is 11.3 Å². The van der Waals surface area contributed by atoms with E-state index in [1.165, 1.54) is 12.1 Å². The highest BCUT2D eigenvalue weighted by molar-refractivity contribution is 5.93. The van der Waals surface area contributed by atoms with E-state index in [0.29, 0.717) is 30.9 Å². The molecule has 1 aliphatic rings. The first-order valence-electron chi connectivity index (χ1n) is 6.56. The summed E-state index contributed by atoms with van der Waals surface area (Å²) in [6.45, 7) is 6.53. The minimum absolute atomic E-state index is 0.156. The van der Waals surface area contributed by atoms with Gasteiger partial charge in [0.1, 0.15) is 5.82 Å². The van der Waals surface area contributed by atoms with Crippen LogP contribution in [0.5, 0.6) is 0 Å². The second-order valence-corrected chi connectivity index (χ2v) is 5.57. The molecule has 1 aromatic rings. The molecule has 5 nitrogen and oxygen atoms in total. The zero-order valence-corrected chi connectivity index (χ0v) is 11.8. The molecule has 0 spiro atoms. The van der Waals surface area contributed by atoms with E-state index in [-0.39, 0.29) is 11.4 Å². The molecule has 1 aliphatic heterocycles. The summed E-state index contributed by atoms with van der Waals surface area (Å²) in [6, 6.07) is 4.27. The number of hydrogen-bond acceptors (Lipinski definition) is 4. The maximum absolute atomic E-state index is 13.9. The number of carbonyl (C=O) groups excluding carboxylic acids is 1. The number of hydrazine groups is 1. The summed E-state index contributed by atoms with van der Waals surface area (Å²) in [5.41, 5.74) is 2.74. The lowest BCUT2D eigenvalue weighted by molar-refractivity contribution is -0.0556. The van der Waals surface area contributed by atoms with E-state index >= 15 is 0 Å². The summed E-state index contributed by atoms with van der Waals surface area (Å²) in [6.07, 6.45) is 0. The van der Waals surface area contributed by atoms with Crippen LogP contribution in [-0.4, -0.2) is 36.1 Å². The van der Waals surface area contributed by atoms with E-state index in [0.717, 1.165) is 6.54 Å². The van der Waals surface area contributed by atoms with Crippen molar-refractivity contribution < 1.29 is 13.9 Å². The van der Waals surface area contributed by atoms with Crippen molar-refractivity contribution in [3.05, 3.63) is 35.1 Å². The Morgan fingerprint density at radius 3 is 2.95 bits per heavy atom. The summed E-state index contributed by atoms with van der Waals surface area (Å²) < 4.78 is 19.4. The molecule has 0 saturated carbocycles. The highest BCUT2D eigenvalue weighted by Gasteiger charge is 2.30. The Kier molecular flexibility index (Phi) is 4.37. The normalized spacial score (nSPS) is 18.8. The Bertz CT molecular complexity index is 505. The van der Waals surface area contributed by atoms with E-state index in [2.05, 4.69) is 24.2 Å². The number of benzene rings is 1. The Morgan fingerprint density at radius 2 is 2.30 bits per heavy atom. The lowest BCUT2D eigenvalue weighted by atomic mass is 10.0. The molecule has 110 valence electrons. The van der Waals surface area contributed by atoms with Crippen LogP contribution >= 0.6 is 0 Å². The Labute approximate surface area is 117 Å². The number of carbonyl (C=O) groups is 1. The third-order valence-corrected chi connectivity index (χ3v) is 3.62. The first kappa shape index (κ1) is 14.9. The summed E-state index contributed by atoms with van der Waals surface area (Å²) in [4.78, 5) is 13.7. The molecule has 0 atom stereocenters. The lowest BCUT2D eigenvalue weighted by Gasteiger charge is -2.42. The molecule has 1 aromatic carbocycles. The van der Waals surface area contributed by atoms with Gasteiger partial charge in [-0.2, -0.15) is 0 Å². The third kappa shape index (κ3) is 3.15. The van der Waals surface area contributed by atoms with Gasteiger partial charge in [0, 0.05) is 29.8 Å². The topological polar surface area (TPSA) is 67.6 Å². The van der Waals surface area contributed by atoms with Crippen molar-refractivity contribution in [2.75, 3.05) is 19.8 Å². The number of rotatable bonds is 3. The maximum atomic E-state index is 13.9. The standard InChI is InChI=1S/C14H20FN3O2/c1-14(2)9-20-6-5-18(14)8-11-7-10(13(19)17-16)3-4-12(11)15/h3-4,7H,5-6,8-9,16H2,1-2H3,(H,17,19). The molecule has 6 heteroatoms. The minimum Gasteiger partial charge on any atom is -0.378 e. The van der Waals surface area contributed by atoms with E-state index in [1.807, 2.05) is 0 Å². The van der Waals surface area contributed by atoms with Crippen molar-refractivity contribution >= 4 is 5.91 Å². The molecule has 1 fully saturated rings. The van der Waals surface area contributed by atoms with Gasteiger partial charge in [0.2, 0.25) is 0 Å². The number of halogens is 1. The van der Waals surface area contributed by atoms with Crippen LogP contribution in [0, 0.1) is 5.82 Å². The van der Waals surface area contributed by atoms with E-state index < -0.39 is 5.91 Å². The van der Waals surface area contributed by atoms with Crippen molar-refractivity contribution in [3.63, 3.8) is 0 Å². The van der Waals surface area contributed by atoms with Gasteiger partial charge in [-0.15, -0.1) is 0 Å². The molecular weight excluding hydrogens is 261 g/mol. The highest BCUT2D eigenvalue weighted by atomic mass is 19.1. The second-order valence-electron chi connectivity index (χ2n) is 5.57. The van der Waals surface area contributed by atoms with Gasteiger partial charge >= 0.3 is 0 Å². The van der Waals surface area contributed by atoms with Crippen LogP contribution in [0.1, 0.15) is 29.8 Å². The van der Waals surface area contributed by atoms with Crippen LogP contribution in [-0.2, 0) is 11.3 Å². The third-order valence-electron chi connectivity index (χ3n) is 3.62. The van der Waals surface area contributed by atoms with Gasteiger partial charge in [-0.3, -0.25) is 15.1 Å². The van der Waals surface area contributed by atoms with Crippen molar-refractivity contribution in [1.82, 2.24) is 10.3 Å². The summed E-state index contributed by atoms with van der Waals surface area (Å²) in [5, 5.41) is 0. The van der Waals surface area contributed by atoms with Gasteiger partial charge in [0.15, 0.2) is 0 Å².